The van der Waals surface area contributed by atoms with Crippen LogP contribution in [0, 0.1) is 10.1 Å². The molecule has 100 valence electrons. The summed E-state index contributed by atoms with van der Waals surface area (Å²) >= 11 is 6.04. The van der Waals surface area contributed by atoms with E-state index in [1.165, 1.54) is 6.07 Å². The Kier molecular flexibility index (Phi) is 6.04. The molecule has 0 aliphatic rings. The molecule has 0 saturated carbocycles. The Morgan fingerprint density at radius 1 is 1.50 bits per heavy atom. The van der Waals surface area contributed by atoms with E-state index in [-0.39, 0.29) is 10.6 Å². The maximum Gasteiger partial charge on any atom is 0.275 e. The van der Waals surface area contributed by atoms with Crippen LogP contribution in [0.3, 0.4) is 0 Å². The number of nitro groups is 1. The summed E-state index contributed by atoms with van der Waals surface area (Å²) < 4.78 is 0. The summed E-state index contributed by atoms with van der Waals surface area (Å²) in [7, 11) is 3.83. The first kappa shape index (κ1) is 14.9. The van der Waals surface area contributed by atoms with Crippen LogP contribution in [0.1, 0.15) is 12.0 Å². The number of nitro benzene ring substituents is 1. The molecule has 1 aromatic rings. The minimum absolute atomic E-state index is 0.0861. The zero-order valence-corrected chi connectivity index (χ0v) is 11.4. The summed E-state index contributed by atoms with van der Waals surface area (Å²) in [5.41, 5.74) is 0.666. The van der Waals surface area contributed by atoms with Crippen molar-refractivity contribution < 1.29 is 4.92 Å². The van der Waals surface area contributed by atoms with Crippen molar-refractivity contribution in [2.24, 2.45) is 0 Å². The molecule has 0 fully saturated rings. The highest BCUT2D eigenvalue weighted by Crippen LogP contribution is 2.27. The van der Waals surface area contributed by atoms with Crippen LogP contribution in [0.2, 0.25) is 5.02 Å². The van der Waals surface area contributed by atoms with Gasteiger partial charge in [-0.2, -0.15) is 0 Å². The number of halogens is 1. The van der Waals surface area contributed by atoms with Crippen molar-refractivity contribution in [1.29, 1.82) is 0 Å². The van der Waals surface area contributed by atoms with Crippen LogP contribution in [0.4, 0.5) is 5.69 Å². The quantitative estimate of drug-likeness (QED) is 0.470. The molecule has 0 aliphatic carbocycles. The Hall–Kier alpha value is -1.17. The van der Waals surface area contributed by atoms with Gasteiger partial charge in [0.2, 0.25) is 0 Å². The van der Waals surface area contributed by atoms with Crippen molar-refractivity contribution >= 4 is 17.3 Å². The molecule has 0 heterocycles. The lowest BCUT2D eigenvalue weighted by molar-refractivity contribution is -0.385. The Morgan fingerprint density at radius 3 is 2.83 bits per heavy atom. The van der Waals surface area contributed by atoms with E-state index in [1.807, 2.05) is 19.0 Å². The van der Waals surface area contributed by atoms with Crippen LogP contribution in [-0.2, 0) is 6.54 Å². The Labute approximate surface area is 112 Å². The fraction of sp³-hybridized carbons (Fsp3) is 0.500. The molecule has 0 aromatic heterocycles. The number of rotatable bonds is 7. The molecule has 6 heteroatoms. The lowest BCUT2D eigenvalue weighted by Crippen LogP contribution is -2.23. The maximum absolute atomic E-state index is 10.9. The topological polar surface area (TPSA) is 58.4 Å². The SMILES string of the molecule is CNCCCN(C)Cc1c(Cl)cccc1[N+](=O)[O-]. The van der Waals surface area contributed by atoms with Crippen LogP contribution in [0.15, 0.2) is 18.2 Å². The van der Waals surface area contributed by atoms with E-state index in [9.17, 15) is 10.1 Å². The molecule has 0 spiro atoms. The average Bonchev–Trinajstić information content (AvgIpc) is 2.31. The van der Waals surface area contributed by atoms with Crippen molar-refractivity contribution in [1.82, 2.24) is 10.2 Å². The number of nitrogens with zero attached hydrogens (tertiary/aromatic N) is 2. The monoisotopic (exact) mass is 271 g/mol. The summed E-state index contributed by atoms with van der Waals surface area (Å²) in [4.78, 5) is 12.6. The van der Waals surface area contributed by atoms with Gasteiger partial charge in [-0.3, -0.25) is 10.1 Å². The third kappa shape index (κ3) is 4.25. The van der Waals surface area contributed by atoms with Crippen molar-refractivity contribution in [2.45, 2.75) is 13.0 Å². The number of hydrogen-bond donors (Lipinski definition) is 1. The average molecular weight is 272 g/mol. The fourth-order valence-corrected chi connectivity index (χ4v) is 1.98. The lowest BCUT2D eigenvalue weighted by atomic mass is 10.1. The summed E-state index contributed by atoms with van der Waals surface area (Å²) in [6.07, 6.45) is 0.991. The smallest absolute Gasteiger partial charge is 0.275 e. The molecule has 1 N–H and O–H groups in total. The highest BCUT2D eigenvalue weighted by atomic mass is 35.5. The largest absolute Gasteiger partial charge is 0.320 e. The molecule has 5 nitrogen and oxygen atoms in total. The van der Waals surface area contributed by atoms with E-state index < -0.39 is 0 Å². The molecular weight excluding hydrogens is 254 g/mol. The molecule has 0 amide bonds. The Balaban J connectivity index is 2.73. The van der Waals surface area contributed by atoms with Crippen LogP contribution in [0.5, 0.6) is 0 Å². The standard InChI is InChI=1S/C12H18ClN3O2/c1-14-7-4-8-15(2)9-10-11(13)5-3-6-12(10)16(17)18/h3,5-6,14H,4,7-9H2,1-2H3. The second-order valence-electron chi connectivity index (χ2n) is 4.19. The molecule has 0 unspecified atom stereocenters. The second kappa shape index (κ2) is 7.31. The molecule has 1 aromatic carbocycles. The summed E-state index contributed by atoms with van der Waals surface area (Å²) in [6.45, 7) is 2.28. The van der Waals surface area contributed by atoms with Gasteiger partial charge in [0, 0.05) is 12.6 Å². The van der Waals surface area contributed by atoms with Gasteiger partial charge < -0.3 is 10.2 Å². The second-order valence-corrected chi connectivity index (χ2v) is 4.60. The molecule has 0 bridgehead atoms. The molecule has 0 radical (unpaired) electrons. The summed E-state index contributed by atoms with van der Waals surface area (Å²) in [6, 6.07) is 4.78. The van der Waals surface area contributed by atoms with Gasteiger partial charge in [-0.05, 0) is 39.7 Å². The van der Waals surface area contributed by atoms with Gasteiger partial charge in [-0.15, -0.1) is 0 Å². The number of hydrogen-bond acceptors (Lipinski definition) is 4. The minimum atomic E-state index is -0.386. The third-order valence-electron chi connectivity index (χ3n) is 2.69. The number of nitrogens with one attached hydrogen (secondary N) is 1. The molecule has 1 rings (SSSR count). The van der Waals surface area contributed by atoms with E-state index in [2.05, 4.69) is 5.32 Å². The molecule has 0 aliphatic heterocycles. The van der Waals surface area contributed by atoms with Gasteiger partial charge in [0.05, 0.1) is 15.5 Å². The highest BCUT2D eigenvalue weighted by Gasteiger charge is 2.17. The van der Waals surface area contributed by atoms with Crippen LogP contribution < -0.4 is 5.32 Å². The van der Waals surface area contributed by atoms with Crippen molar-refractivity contribution in [3.8, 4) is 0 Å². The molecule has 0 saturated heterocycles. The van der Waals surface area contributed by atoms with E-state index in [4.69, 9.17) is 11.6 Å². The van der Waals surface area contributed by atoms with E-state index in [1.54, 1.807) is 12.1 Å². The maximum atomic E-state index is 10.9. The third-order valence-corrected chi connectivity index (χ3v) is 3.04. The normalized spacial score (nSPS) is 10.9. The first-order valence-electron chi connectivity index (χ1n) is 5.81. The van der Waals surface area contributed by atoms with E-state index in [0.717, 1.165) is 19.5 Å². The summed E-state index contributed by atoms with van der Waals surface area (Å²) in [5, 5.41) is 14.4. The van der Waals surface area contributed by atoms with E-state index in [0.29, 0.717) is 17.1 Å². The zero-order chi connectivity index (χ0) is 13.5. The van der Waals surface area contributed by atoms with Crippen LogP contribution in [0.25, 0.3) is 0 Å². The molecular formula is C12H18ClN3O2. The van der Waals surface area contributed by atoms with Gasteiger partial charge in [-0.25, -0.2) is 0 Å². The minimum Gasteiger partial charge on any atom is -0.320 e. The summed E-state index contributed by atoms with van der Waals surface area (Å²) in [5.74, 6) is 0. The van der Waals surface area contributed by atoms with Gasteiger partial charge >= 0.3 is 0 Å². The fourth-order valence-electron chi connectivity index (χ4n) is 1.75. The zero-order valence-electron chi connectivity index (χ0n) is 10.6. The predicted octanol–water partition coefficient (Wildman–Crippen LogP) is 2.29. The van der Waals surface area contributed by atoms with Crippen molar-refractivity contribution in [3.63, 3.8) is 0 Å². The van der Waals surface area contributed by atoms with Gasteiger partial charge in [0.1, 0.15) is 0 Å². The van der Waals surface area contributed by atoms with Gasteiger partial charge in [0.25, 0.3) is 5.69 Å². The van der Waals surface area contributed by atoms with Crippen LogP contribution in [-0.4, -0.2) is 37.0 Å². The Bertz CT molecular complexity index is 412. The predicted molar refractivity (Wildman–Crippen MR) is 73.0 cm³/mol. The lowest BCUT2D eigenvalue weighted by Gasteiger charge is -2.17. The highest BCUT2D eigenvalue weighted by molar-refractivity contribution is 6.31. The molecule has 0 atom stereocenters. The van der Waals surface area contributed by atoms with Gasteiger partial charge in [-0.1, -0.05) is 17.7 Å². The molecule has 18 heavy (non-hydrogen) atoms. The Morgan fingerprint density at radius 2 is 2.22 bits per heavy atom. The van der Waals surface area contributed by atoms with E-state index >= 15 is 0 Å². The van der Waals surface area contributed by atoms with Crippen molar-refractivity contribution in [3.05, 3.63) is 38.9 Å². The number of benzene rings is 1. The van der Waals surface area contributed by atoms with Gasteiger partial charge in [0.15, 0.2) is 0 Å². The first-order chi connectivity index (χ1) is 8.56. The van der Waals surface area contributed by atoms with Crippen molar-refractivity contribution in [2.75, 3.05) is 27.2 Å². The first-order valence-corrected chi connectivity index (χ1v) is 6.19. The van der Waals surface area contributed by atoms with Crippen LogP contribution >= 0.6 is 11.6 Å².